The number of aromatic nitrogens is 1. The molecule has 0 bridgehead atoms. The fourth-order valence-corrected chi connectivity index (χ4v) is 3.40. The van der Waals surface area contributed by atoms with Crippen LogP contribution in [0.5, 0.6) is 0 Å². The van der Waals surface area contributed by atoms with Crippen LogP contribution in [0.1, 0.15) is 24.9 Å². The summed E-state index contributed by atoms with van der Waals surface area (Å²) in [6.45, 7) is 2.26. The van der Waals surface area contributed by atoms with Crippen molar-refractivity contribution >= 4 is 0 Å². The van der Waals surface area contributed by atoms with Crippen LogP contribution in [-0.2, 0) is 0 Å². The smallest absolute Gasteiger partial charge is 0.191 e. The van der Waals surface area contributed by atoms with Crippen molar-refractivity contribution in [2.45, 2.75) is 19.4 Å². The van der Waals surface area contributed by atoms with Gasteiger partial charge in [-0.25, -0.2) is 0 Å². The molecule has 102 valence electrons. The standard InChI is InChI=1S/C20H18N/c1-2-19-17-12-11-16(15-8-4-3-5-9-15)14-18(17)20-10-6-7-13-21(19)20/h3-14,19H,2H2,1H3/q+1. The molecule has 21 heavy (non-hydrogen) atoms. The average Bonchev–Trinajstić information content (AvgIpc) is 2.88. The van der Waals surface area contributed by atoms with Gasteiger partial charge in [0.25, 0.3) is 0 Å². The summed E-state index contributed by atoms with van der Waals surface area (Å²) in [6, 6.07) is 24.5. The normalized spacial score (nSPS) is 15.6. The highest BCUT2D eigenvalue weighted by Crippen LogP contribution is 2.37. The molecule has 2 heterocycles. The van der Waals surface area contributed by atoms with Crippen molar-refractivity contribution in [1.82, 2.24) is 0 Å². The van der Waals surface area contributed by atoms with Crippen molar-refractivity contribution in [1.29, 1.82) is 0 Å². The van der Waals surface area contributed by atoms with E-state index in [0.29, 0.717) is 6.04 Å². The Morgan fingerprint density at radius 1 is 0.857 bits per heavy atom. The Labute approximate surface area is 125 Å². The largest absolute Gasteiger partial charge is 0.213 e. The average molecular weight is 272 g/mol. The van der Waals surface area contributed by atoms with Crippen molar-refractivity contribution in [2.75, 3.05) is 0 Å². The van der Waals surface area contributed by atoms with Crippen LogP contribution in [0.4, 0.5) is 0 Å². The molecule has 0 saturated carbocycles. The summed E-state index contributed by atoms with van der Waals surface area (Å²) in [5, 5.41) is 0. The van der Waals surface area contributed by atoms with Crippen molar-refractivity contribution in [2.24, 2.45) is 0 Å². The van der Waals surface area contributed by atoms with E-state index in [-0.39, 0.29) is 0 Å². The van der Waals surface area contributed by atoms with E-state index in [0.717, 1.165) is 6.42 Å². The zero-order chi connectivity index (χ0) is 14.2. The van der Waals surface area contributed by atoms with Crippen molar-refractivity contribution in [3.8, 4) is 22.4 Å². The van der Waals surface area contributed by atoms with Gasteiger partial charge in [0.05, 0.1) is 5.56 Å². The molecule has 1 aromatic heterocycles. The lowest BCUT2D eigenvalue weighted by Gasteiger charge is -2.06. The molecule has 0 spiro atoms. The lowest BCUT2D eigenvalue weighted by molar-refractivity contribution is -0.698. The number of pyridine rings is 1. The van der Waals surface area contributed by atoms with Crippen LogP contribution in [0, 0.1) is 0 Å². The molecule has 1 unspecified atom stereocenters. The van der Waals surface area contributed by atoms with Gasteiger partial charge in [0.2, 0.25) is 5.69 Å². The monoisotopic (exact) mass is 272 g/mol. The quantitative estimate of drug-likeness (QED) is 0.599. The first-order valence-corrected chi connectivity index (χ1v) is 7.58. The Morgan fingerprint density at radius 3 is 2.48 bits per heavy atom. The molecule has 1 nitrogen and oxygen atoms in total. The van der Waals surface area contributed by atoms with Crippen LogP contribution in [0.2, 0.25) is 0 Å². The van der Waals surface area contributed by atoms with E-state index >= 15 is 0 Å². The predicted octanol–water partition coefficient (Wildman–Crippen LogP) is 4.62. The molecule has 2 aromatic carbocycles. The second-order valence-corrected chi connectivity index (χ2v) is 5.59. The maximum absolute atomic E-state index is 2.40. The Bertz CT molecular complexity index is 790. The topological polar surface area (TPSA) is 3.88 Å². The van der Waals surface area contributed by atoms with Crippen LogP contribution in [0.3, 0.4) is 0 Å². The molecule has 0 saturated heterocycles. The lowest BCUT2D eigenvalue weighted by atomic mass is 9.96. The first kappa shape index (κ1) is 12.3. The van der Waals surface area contributed by atoms with Gasteiger partial charge in [-0.1, -0.05) is 49.4 Å². The van der Waals surface area contributed by atoms with Gasteiger partial charge in [-0.05, 0) is 23.3 Å². The minimum atomic E-state index is 0.473. The third kappa shape index (κ3) is 1.89. The second-order valence-electron chi connectivity index (χ2n) is 5.59. The van der Waals surface area contributed by atoms with E-state index in [1.807, 2.05) is 0 Å². The van der Waals surface area contributed by atoms with Gasteiger partial charge in [-0.15, -0.1) is 0 Å². The van der Waals surface area contributed by atoms with Gasteiger partial charge in [0.15, 0.2) is 12.2 Å². The first-order valence-electron chi connectivity index (χ1n) is 7.58. The third-order valence-electron chi connectivity index (χ3n) is 4.41. The number of benzene rings is 2. The van der Waals surface area contributed by atoms with Crippen LogP contribution in [0.25, 0.3) is 22.4 Å². The number of fused-ring (bicyclic) bond motifs is 3. The van der Waals surface area contributed by atoms with Crippen LogP contribution < -0.4 is 4.57 Å². The zero-order valence-corrected chi connectivity index (χ0v) is 12.2. The highest BCUT2D eigenvalue weighted by Gasteiger charge is 2.34. The summed E-state index contributed by atoms with van der Waals surface area (Å²) in [4.78, 5) is 0. The molecule has 0 N–H and O–H groups in total. The van der Waals surface area contributed by atoms with Gasteiger partial charge in [-0.3, -0.25) is 0 Å². The molecule has 1 heteroatoms. The van der Waals surface area contributed by atoms with E-state index < -0.39 is 0 Å². The van der Waals surface area contributed by atoms with Gasteiger partial charge >= 0.3 is 0 Å². The number of hydrogen-bond acceptors (Lipinski definition) is 0. The first-order chi connectivity index (χ1) is 10.4. The molecule has 0 aliphatic carbocycles. The molecule has 3 aromatic rings. The summed E-state index contributed by atoms with van der Waals surface area (Å²) < 4.78 is 2.40. The molecule has 0 radical (unpaired) electrons. The molecule has 1 atom stereocenters. The van der Waals surface area contributed by atoms with E-state index in [1.54, 1.807) is 0 Å². The summed E-state index contributed by atoms with van der Waals surface area (Å²) in [6.07, 6.45) is 3.32. The van der Waals surface area contributed by atoms with Crippen molar-refractivity contribution in [3.05, 3.63) is 78.5 Å². The molecule has 0 amide bonds. The maximum atomic E-state index is 2.40. The fourth-order valence-electron chi connectivity index (χ4n) is 3.40. The number of nitrogens with zero attached hydrogens (tertiary/aromatic N) is 1. The number of hydrogen-bond donors (Lipinski definition) is 0. The minimum absolute atomic E-state index is 0.473. The van der Waals surface area contributed by atoms with E-state index in [9.17, 15) is 0 Å². The summed E-state index contributed by atoms with van der Waals surface area (Å²) in [5.74, 6) is 0. The highest BCUT2D eigenvalue weighted by atomic mass is 15.0. The van der Waals surface area contributed by atoms with E-state index in [4.69, 9.17) is 0 Å². The van der Waals surface area contributed by atoms with Gasteiger partial charge in [0.1, 0.15) is 0 Å². The molecule has 0 fully saturated rings. The minimum Gasteiger partial charge on any atom is -0.191 e. The van der Waals surface area contributed by atoms with Crippen molar-refractivity contribution < 1.29 is 4.57 Å². The fraction of sp³-hybridized carbons (Fsp3) is 0.150. The van der Waals surface area contributed by atoms with E-state index in [2.05, 4.69) is 84.4 Å². The summed E-state index contributed by atoms with van der Waals surface area (Å²) in [7, 11) is 0. The SMILES string of the molecule is CCC1c2ccc(-c3ccccc3)cc2-c2cccc[n+]21. The van der Waals surface area contributed by atoms with E-state index in [1.165, 1.54) is 27.9 Å². The van der Waals surface area contributed by atoms with Crippen LogP contribution >= 0.6 is 0 Å². The van der Waals surface area contributed by atoms with Gasteiger partial charge < -0.3 is 0 Å². The lowest BCUT2D eigenvalue weighted by Crippen LogP contribution is -2.36. The van der Waals surface area contributed by atoms with Gasteiger partial charge in [-0.2, -0.15) is 4.57 Å². The summed E-state index contributed by atoms with van der Waals surface area (Å²) >= 11 is 0. The number of rotatable bonds is 2. The molecule has 4 rings (SSSR count). The molecular weight excluding hydrogens is 254 g/mol. The second kappa shape index (κ2) is 4.85. The maximum Gasteiger partial charge on any atom is 0.213 e. The Morgan fingerprint density at radius 2 is 1.67 bits per heavy atom. The molecule has 1 aliphatic heterocycles. The summed E-state index contributed by atoms with van der Waals surface area (Å²) in [5.41, 5.74) is 6.73. The third-order valence-corrected chi connectivity index (χ3v) is 4.41. The molecular formula is C20H18N+. The highest BCUT2D eigenvalue weighted by molar-refractivity contribution is 5.74. The molecule has 1 aliphatic rings. The Kier molecular flexibility index (Phi) is 2.85. The van der Waals surface area contributed by atoms with Gasteiger partial charge in [0, 0.05) is 24.1 Å². The van der Waals surface area contributed by atoms with Crippen LogP contribution in [0.15, 0.2) is 72.9 Å². The Balaban J connectivity index is 1.91. The zero-order valence-electron chi connectivity index (χ0n) is 12.2. The van der Waals surface area contributed by atoms with Crippen molar-refractivity contribution in [3.63, 3.8) is 0 Å². The predicted molar refractivity (Wildman–Crippen MR) is 85.9 cm³/mol. The van der Waals surface area contributed by atoms with Crippen LogP contribution in [-0.4, -0.2) is 0 Å². The Hall–Kier alpha value is -2.41.